The number of esters is 1. The van der Waals surface area contributed by atoms with Crippen LogP contribution in [0.4, 0.5) is 0 Å². The quantitative estimate of drug-likeness (QED) is 0.0320. The van der Waals surface area contributed by atoms with Gasteiger partial charge in [-0.25, -0.2) is 0 Å². The Kier molecular flexibility index (Phi) is 60.9. The first kappa shape index (κ1) is 70.6. The van der Waals surface area contributed by atoms with E-state index in [0.717, 1.165) is 38.5 Å². The molecule has 0 fully saturated rings. The monoisotopic (exact) mass is 1020 g/mol. The maximum Gasteiger partial charge on any atom is 0.305 e. The van der Waals surface area contributed by atoms with E-state index >= 15 is 0 Å². The van der Waals surface area contributed by atoms with Crippen LogP contribution in [0.25, 0.3) is 0 Å². The van der Waals surface area contributed by atoms with Gasteiger partial charge >= 0.3 is 5.97 Å². The molecule has 428 valence electrons. The average molecular weight is 1020 g/mol. The molecule has 72 heavy (non-hydrogen) atoms. The van der Waals surface area contributed by atoms with Gasteiger partial charge in [0, 0.05) is 12.8 Å². The lowest BCUT2D eigenvalue weighted by Gasteiger charge is -2.20. The Balaban J connectivity index is 3.36. The number of carbonyl (C=O) groups excluding carboxylic acids is 2. The summed E-state index contributed by atoms with van der Waals surface area (Å²) < 4.78 is 5.49. The van der Waals surface area contributed by atoms with Crippen molar-refractivity contribution in [1.82, 2.24) is 5.32 Å². The lowest BCUT2D eigenvalue weighted by molar-refractivity contribution is -0.143. The van der Waals surface area contributed by atoms with Gasteiger partial charge in [0.1, 0.15) is 0 Å². The number of ether oxygens (including phenoxy) is 1. The van der Waals surface area contributed by atoms with E-state index in [1.165, 1.54) is 308 Å². The second-order valence-electron chi connectivity index (χ2n) is 22.8. The zero-order valence-corrected chi connectivity index (χ0v) is 48.9. The molecule has 6 nitrogen and oxygen atoms in total. The van der Waals surface area contributed by atoms with Crippen molar-refractivity contribution >= 4 is 11.9 Å². The molecular weight excluding hydrogens is 887 g/mol. The van der Waals surface area contributed by atoms with Crippen LogP contribution in [-0.2, 0) is 14.3 Å². The number of hydrogen-bond acceptors (Lipinski definition) is 5. The van der Waals surface area contributed by atoms with E-state index in [0.29, 0.717) is 19.4 Å². The summed E-state index contributed by atoms with van der Waals surface area (Å²) in [4.78, 5) is 24.5. The first-order valence-electron chi connectivity index (χ1n) is 33.0. The zero-order chi connectivity index (χ0) is 52.2. The maximum atomic E-state index is 12.5. The van der Waals surface area contributed by atoms with Gasteiger partial charge < -0.3 is 20.3 Å². The highest BCUT2D eigenvalue weighted by atomic mass is 16.5. The SMILES string of the molecule is CCCCCCCCCCCCCCCC/C=C/C(O)C(CO)NC(=O)CCCCCCCCCCCCCCCCCCCCCCCCCCCCOC(=O)CCCCCCCCCCCCCCC. The standard InChI is InChI=1S/C66H129NO5/c1-3-5-7-9-11-13-15-17-18-31-35-38-42-46-50-54-58-64(69)63(62-68)67-65(70)59-55-51-47-43-39-36-32-29-27-25-23-21-19-20-22-24-26-28-30-33-37-41-45-49-53-57-61-72-66(71)60-56-52-48-44-40-34-16-14-12-10-8-6-4-2/h54,58,63-64,68-69H,3-53,55-57,59-62H2,1-2H3,(H,67,70)/b58-54+. The van der Waals surface area contributed by atoms with Crippen LogP contribution in [0.1, 0.15) is 373 Å². The molecule has 0 rings (SSSR count). The van der Waals surface area contributed by atoms with Crippen LogP contribution in [0.5, 0.6) is 0 Å². The van der Waals surface area contributed by atoms with Crippen molar-refractivity contribution in [3.63, 3.8) is 0 Å². The van der Waals surface area contributed by atoms with Crippen LogP contribution < -0.4 is 5.32 Å². The molecule has 0 saturated heterocycles. The van der Waals surface area contributed by atoms with Crippen LogP contribution in [0.2, 0.25) is 0 Å². The highest BCUT2D eigenvalue weighted by Crippen LogP contribution is 2.19. The predicted octanol–water partition coefficient (Wildman–Crippen LogP) is 20.8. The van der Waals surface area contributed by atoms with E-state index in [-0.39, 0.29) is 18.5 Å². The van der Waals surface area contributed by atoms with Crippen molar-refractivity contribution in [1.29, 1.82) is 0 Å². The minimum Gasteiger partial charge on any atom is -0.466 e. The first-order valence-corrected chi connectivity index (χ1v) is 33.0. The Morgan fingerprint density at radius 1 is 0.375 bits per heavy atom. The molecule has 2 unspecified atom stereocenters. The van der Waals surface area contributed by atoms with E-state index < -0.39 is 12.1 Å². The molecule has 0 aliphatic rings. The molecule has 2 atom stereocenters. The van der Waals surface area contributed by atoms with Crippen LogP contribution >= 0.6 is 0 Å². The first-order chi connectivity index (χ1) is 35.5. The molecule has 1 amide bonds. The van der Waals surface area contributed by atoms with Gasteiger partial charge in [-0.05, 0) is 32.1 Å². The minimum absolute atomic E-state index is 0.0191. The second-order valence-corrected chi connectivity index (χ2v) is 22.8. The molecule has 0 saturated carbocycles. The molecule has 3 N–H and O–H groups in total. The Morgan fingerprint density at radius 2 is 0.639 bits per heavy atom. The summed E-state index contributed by atoms with van der Waals surface area (Å²) in [6, 6.07) is -0.625. The molecule has 0 aromatic heterocycles. The summed E-state index contributed by atoms with van der Waals surface area (Å²) in [6.45, 7) is 4.94. The summed E-state index contributed by atoms with van der Waals surface area (Å²) in [5.41, 5.74) is 0. The summed E-state index contributed by atoms with van der Waals surface area (Å²) >= 11 is 0. The number of rotatable bonds is 62. The number of amides is 1. The van der Waals surface area contributed by atoms with Gasteiger partial charge in [0.2, 0.25) is 5.91 Å². The molecule has 6 heteroatoms. The van der Waals surface area contributed by atoms with Crippen molar-refractivity contribution in [3.05, 3.63) is 12.2 Å². The van der Waals surface area contributed by atoms with E-state index in [2.05, 4.69) is 19.2 Å². The van der Waals surface area contributed by atoms with E-state index in [9.17, 15) is 19.8 Å². The second kappa shape index (κ2) is 62.1. The molecule has 0 aromatic rings. The van der Waals surface area contributed by atoms with Crippen LogP contribution in [0.15, 0.2) is 12.2 Å². The van der Waals surface area contributed by atoms with Crippen LogP contribution in [-0.4, -0.2) is 47.4 Å². The normalized spacial score (nSPS) is 12.6. The third-order valence-electron chi connectivity index (χ3n) is 15.6. The fourth-order valence-electron chi connectivity index (χ4n) is 10.5. The predicted molar refractivity (Wildman–Crippen MR) is 315 cm³/mol. The van der Waals surface area contributed by atoms with Crippen molar-refractivity contribution in [2.75, 3.05) is 13.2 Å². The molecule has 0 aromatic carbocycles. The van der Waals surface area contributed by atoms with E-state index in [1.54, 1.807) is 6.08 Å². The number of unbranched alkanes of at least 4 members (excludes halogenated alkanes) is 51. The third-order valence-corrected chi connectivity index (χ3v) is 15.6. The number of carbonyl (C=O) groups is 2. The smallest absolute Gasteiger partial charge is 0.305 e. The summed E-state index contributed by atoms with van der Waals surface area (Å²) in [5, 5.41) is 23.2. The molecule has 0 spiro atoms. The number of aliphatic hydroxyl groups excluding tert-OH is 2. The lowest BCUT2D eigenvalue weighted by Crippen LogP contribution is -2.45. The minimum atomic E-state index is -0.842. The largest absolute Gasteiger partial charge is 0.466 e. The van der Waals surface area contributed by atoms with Crippen molar-refractivity contribution < 1.29 is 24.5 Å². The highest BCUT2D eigenvalue weighted by molar-refractivity contribution is 5.76. The third kappa shape index (κ3) is 57.9. The average Bonchev–Trinajstić information content (AvgIpc) is 3.38. The summed E-state index contributed by atoms with van der Waals surface area (Å²) in [6.07, 6.45) is 75.6. The van der Waals surface area contributed by atoms with E-state index in [1.807, 2.05) is 6.08 Å². The molecule has 0 aliphatic carbocycles. The lowest BCUT2D eigenvalue weighted by atomic mass is 10.0. The van der Waals surface area contributed by atoms with Crippen molar-refractivity contribution in [2.24, 2.45) is 0 Å². The Labute approximate surface area is 450 Å². The zero-order valence-electron chi connectivity index (χ0n) is 48.9. The van der Waals surface area contributed by atoms with Gasteiger partial charge in [0.05, 0.1) is 25.4 Å². The molecule has 0 aliphatic heterocycles. The van der Waals surface area contributed by atoms with Gasteiger partial charge in [-0.1, -0.05) is 341 Å². The van der Waals surface area contributed by atoms with Crippen molar-refractivity contribution in [3.8, 4) is 0 Å². The van der Waals surface area contributed by atoms with Gasteiger partial charge in [-0.2, -0.15) is 0 Å². The van der Waals surface area contributed by atoms with E-state index in [4.69, 9.17) is 4.74 Å². The van der Waals surface area contributed by atoms with Gasteiger partial charge in [0.25, 0.3) is 0 Å². The number of aliphatic hydroxyl groups is 2. The maximum absolute atomic E-state index is 12.5. The van der Waals surface area contributed by atoms with Crippen LogP contribution in [0.3, 0.4) is 0 Å². The molecular formula is C66H129NO5. The molecule has 0 bridgehead atoms. The van der Waals surface area contributed by atoms with Crippen LogP contribution in [0, 0.1) is 0 Å². The number of allylic oxidation sites excluding steroid dienone is 1. The van der Waals surface area contributed by atoms with Crippen molar-refractivity contribution in [2.45, 2.75) is 386 Å². The Bertz CT molecular complexity index is 1080. The molecule has 0 radical (unpaired) electrons. The molecule has 0 heterocycles. The van der Waals surface area contributed by atoms with Gasteiger partial charge in [0.15, 0.2) is 0 Å². The number of hydrogen-bond donors (Lipinski definition) is 3. The topological polar surface area (TPSA) is 95.9 Å². The highest BCUT2D eigenvalue weighted by Gasteiger charge is 2.18. The Morgan fingerprint density at radius 3 is 0.944 bits per heavy atom. The Hall–Kier alpha value is -1.40. The summed E-state index contributed by atoms with van der Waals surface area (Å²) in [5.74, 6) is -0.0436. The number of nitrogens with one attached hydrogen (secondary N) is 1. The fourth-order valence-corrected chi connectivity index (χ4v) is 10.5. The fraction of sp³-hybridized carbons (Fsp3) is 0.939. The van der Waals surface area contributed by atoms with Gasteiger partial charge in [-0.3, -0.25) is 9.59 Å². The summed E-state index contributed by atoms with van der Waals surface area (Å²) in [7, 11) is 0. The van der Waals surface area contributed by atoms with Gasteiger partial charge in [-0.15, -0.1) is 0 Å².